The molecule has 5 heteroatoms. The van der Waals surface area contributed by atoms with E-state index in [0.717, 1.165) is 13.0 Å². The topological polar surface area (TPSA) is 36.9 Å². The summed E-state index contributed by atoms with van der Waals surface area (Å²) < 4.78 is 21.8. The van der Waals surface area contributed by atoms with Gasteiger partial charge in [-0.25, -0.2) is 0 Å². The Morgan fingerprint density at radius 3 is 1.54 bits per heavy atom. The zero-order valence-corrected chi connectivity index (χ0v) is 20.3. The molecule has 0 aromatic carbocycles. The second-order valence-corrected chi connectivity index (χ2v) is 10.7. The van der Waals surface area contributed by atoms with Crippen LogP contribution in [0, 0.1) is 0 Å². The highest BCUT2D eigenvalue weighted by atomic mass is 28.4. The van der Waals surface area contributed by atoms with Crippen LogP contribution in [0.1, 0.15) is 96.8 Å². The van der Waals surface area contributed by atoms with Crippen LogP contribution in [0.15, 0.2) is 12.2 Å². The molecule has 0 aromatic heterocycles. The minimum Gasteiger partial charge on any atom is -0.381 e. The zero-order chi connectivity index (χ0) is 20.8. The predicted octanol–water partition coefficient (Wildman–Crippen LogP) is 6.92. The molecule has 0 aromatic rings. The molecule has 0 aliphatic heterocycles. The molecule has 0 N–H and O–H groups in total. The van der Waals surface area contributed by atoms with Gasteiger partial charge in [-0.3, -0.25) is 0 Å². The highest BCUT2D eigenvalue weighted by molar-refractivity contribution is 6.60. The van der Waals surface area contributed by atoms with Crippen LogP contribution in [0.5, 0.6) is 0 Å². The van der Waals surface area contributed by atoms with Crippen LogP contribution in [-0.4, -0.2) is 43.3 Å². The van der Waals surface area contributed by atoms with E-state index in [2.05, 4.69) is 19.1 Å². The van der Waals surface area contributed by atoms with Crippen molar-refractivity contribution in [3.05, 3.63) is 12.2 Å². The first-order valence-electron chi connectivity index (χ1n) is 11.6. The lowest BCUT2D eigenvalue weighted by molar-refractivity contribution is 0.0940. The molecule has 0 fully saturated rings. The van der Waals surface area contributed by atoms with Gasteiger partial charge >= 0.3 is 8.80 Å². The van der Waals surface area contributed by atoms with Gasteiger partial charge in [0.1, 0.15) is 0 Å². The molecular formula is C23H48O4Si. The third kappa shape index (κ3) is 16.7. The molecule has 0 atom stereocenters. The van der Waals surface area contributed by atoms with E-state index in [1.54, 1.807) is 21.3 Å². The Kier molecular flexibility index (Phi) is 21.3. The third-order valence-corrected chi connectivity index (χ3v) is 7.97. The van der Waals surface area contributed by atoms with Crippen molar-refractivity contribution in [2.24, 2.45) is 0 Å². The van der Waals surface area contributed by atoms with Gasteiger partial charge in [0, 0.05) is 34.0 Å². The maximum Gasteiger partial charge on any atom is 0.502 e. The van der Waals surface area contributed by atoms with Gasteiger partial charge in [0.05, 0.1) is 6.61 Å². The number of ether oxygens (including phenoxy) is 1. The van der Waals surface area contributed by atoms with Crippen molar-refractivity contribution < 1.29 is 18.0 Å². The van der Waals surface area contributed by atoms with E-state index in [0.29, 0.717) is 12.7 Å². The highest BCUT2D eigenvalue weighted by Gasteiger charge is 2.37. The summed E-state index contributed by atoms with van der Waals surface area (Å²) in [6.45, 7) is 3.74. The standard InChI is InChI=1S/C23H48O4Si/c1-5-6-7-8-9-10-11-12-13-14-15-16-17-18-19-20-21-27-22-23-28(24-2,25-3)26-4/h12-13H,5-11,14-23H2,1-4H3/b13-12-. The Labute approximate surface area is 176 Å². The Morgan fingerprint density at radius 2 is 1.04 bits per heavy atom. The third-order valence-electron chi connectivity index (χ3n) is 5.29. The van der Waals surface area contributed by atoms with E-state index in [1.165, 1.54) is 83.5 Å². The number of allylic oxidation sites excluding steroid dienone is 2. The van der Waals surface area contributed by atoms with Gasteiger partial charge in [-0.05, 0) is 32.1 Å². The molecule has 0 aliphatic rings. The molecule has 28 heavy (non-hydrogen) atoms. The van der Waals surface area contributed by atoms with E-state index >= 15 is 0 Å². The summed E-state index contributed by atoms with van der Waals surface area (Å²) in [5, 5.41) is 0. The van der Waals surface area contributed by atoms with Gasteiger partial charge in [-0.15, -0.1) is 0 Å². The van der Waals surface area contributed by atoms with Crippen molar-refractivity contribution in [1.29, 1.82) is 0 Å². The van der Waals surface area contributed by atoms with Crippen molar-refractivity contribution in [3.63, 3.8) is 0 Å². The van der Waals surface area contributed by atoms with Gasteiger partial charge in [-0.1, -0.05) is 76.9 Å². The molecule has 0 unspecified atom stereocenters. The van der Waals surface area contributed by atoms with Crippen molar-refractivity contribution in [3.8, 4) is 0 Å². The smallest absolute Gasteiger partial charge is 0.381 e. The zero-order valence-electron chi connectivity index (χ0n) is 19.3. The number of hydrogen-bond donors (Lipinski definition) is 0. The van der Waals surface area contributed by atoms with Crippen LogP contribution in [0.4, 0.5) is 0 Å². The minimum atomic E-state index is -2.46. The van der Waals surface area contributed by atoms with Crippen molar-refractivity contribution in [1.82, 2.24) is 0 Å². The van der Waals surface area contributed by atoms with Gasteiger partial charge < -0.3 is 18.0 Å². The first kappa shape index (κ1) is 27.8. The SMILES string of the molecule is CCCCCCCC/C=C\CCCCCCCCOCC[Si](OC)(OC)OC. The monoisotopic (exact) mass is 416 g/mol. The Morgan fingerprint density at radius 1 is 0.571 bits per heavy atom. The van der Waals surface area contributed by atoms with Crippen LogP contribution in [0.25, 0.3) is 0 Å². The first-order chi connectivity index (χ1) is 13.7. The molecule has 0 spiro atoms. The molecule has 0 amide bonds. The van der Waals surface area contributed by atoms with Crippen LogP contribution in [0.3, 0.4) is 0 Å². The van der Waals surface area contributed by atoms with Gasteiger partial charge in [0.2, 0.25) is 0 Å². The van der Waals surface area contributed by atoms with E-state index < -0.39 is 8.80 Å². The Hall–Kier alpha value is -0.203. The molecule has 0 aliphatic carbocycles. The molecule has 0 bridgehead atoms. The summed E-state index contributed by atoms with van der Waals surface area (Å²) >= 11 is 0. The van der Waals surface area contributed by atoms with Crippen LogP contribution in [0.2, 0.25) is 6.04 Å². The lowest BCUT2D eigenvalue weighted by Gasteiger charge is -2.24. The molecule has 0 radical (unpaired) electrons. The first-order valence-corrected chi connectivity index (χ1v) is 13.6. The summed E-state index contributed by atoms with van der Waals surface area (Å²) in [6, 6.07) is 0.711. The highest BCUT2D eigenvalue weighted by Crippen LogP contribution is 2.13. The molecule has 168 valence electrons. The van der Waals surface area contributed by atoms with E-state index in [9.17, 15) is 0 Å². The fraction of sp³-hybridized carbons (Fsp3) is 0.913. The average molecular weight is 417 g/mol. The van der Waals surface area contributed by atoms with Crippen LogP contribution >= 0.6 is 0 Å². The molecule has 4 nitrogen and oxygen atoms in total. The molecular weight excluding hydrogens is 368 g/mol. The predicted molar refractivity (Wildman–Crippen MR) is 122 cm³/mol. The summed E-state index contributed by atoms with van der Waals surface area (Å²) in [6.07, 6.45) is 23.4. The second kappa shape index (κ2) is 21.5. The van der Waals surface area contributed by atoms with Crippen molar-refractivity contribution >= 4 is 8.80 Å². The minimum absolute atomic E-state index is 0.646. The van der Waals surface area contributed by atoms with E-state index in [1.807, 2.05) is 0 Å². The Balaban J connectivity index is 3.26. The number of rotatable bonds is 22. The maximum atomic E-state index is 5.70. The van der Waals surface area contributed by atoms with E-state index in [4.69, 9.17) is 18.0 Å². The quantitative estimate of drug-likeness (QED) is 0.109. The molecule has 0 rings (SSSR count). The largest absolute Gasteiger partial charge is 0.502 e. The summed E-state index contributed by atoms with van der Waals surface area (Å²) in [7, 11) is 2.47. The summed E-state index contributed by atoms with van der Waals surface area (Å²) in [5.41, 5.74) is 0. The fourth-order valence-corrected chi connectivity index (χ4v) is 4.81. The summed E-state index contributed by atoms with van der Waals surface area (Å²) in [5.74, 6) is 0. The normalized spacial score (nSPS) is 12.3. The van der Waals surface area contributed by atoms with Crippen LogP contribution < -0.4 is 0 Å². The number of unbranched alkanes of at least 4 members (excludes halogenated alkanes) is 12. The molecule has 0 saturated carbocycles. The lowest BCUT2D eigenvalue weighted by Crippen LogP contribution is -2.43. The van der Waals surface area contributed by atoms with Gasteiger partial charge in [0.15, 0.2) is 0 Å². The average Bonchev–Trinajstić information content (AvgIpc) is 2.73. The van der Waals surface area contributed by atoms with Crippen molar-refractivity contribution in [2.75, 3.05) is 34.5 Å². The van der Waals surface area contributed by atoms with Crippen molar-refractivity contribution in [2.45, 2.75) is 103 Å². The number of hydrogen-bond acceptors (Lipinski definition) is 4. The van der Waals surface area contributed by atoms with Gasteiger partial charge in [-0.2, -0.15) is 0 Å². The molecule has 0 saturated heterocycles. The van der Waals surface area contributed by atoms with Crippen LogP contribution in [-0.2, 0) is 18.0 Å². The fourth-order valence-electron chi connectivity index (χ4n) is 3.31. The summed E-state index contributed by atoms with van der Waals surface area (Å²) in [4.78, 5) is 0. The Bertz CT molecular complexity index is 324. The lowest BCUT2D eigenvalue weighted by atomic mass is 10.1. The van der Waals surface area contributed by atoms with E-state index in [-0.39, 0.29) is 0 Å². The van der Waals surface area contributed by atoms with Gasteiger partial charge in [0.25, 0.3) is 0 Å². The second-order valence-electron chi connectivity index (χ2n) is 7.60. The maximum absolute atomic E-state index is 5.70. The molecule has 0 heterocycles.